The standard InChI is InChI=1S/C12H13ClN2O2/c13-12-8(4-6-17-12)11(16)9(7-14)10-3-1-2-5-15-10/h1-6,9,11,16H,7,14H2. The molecule has 0 amide bonds. The van der Waals surface area contributed by atoms with Gasteiger partial charge in [0.15, 0.2) is 5.22 Å². The zero-order valence-corrected chi connectivity index (χ0v) is 9.84. The molecule has 4 nitrogen and oxygen atoms in total. The van der Waals surface area contributed by atoms with E-state index in [1.165, 1.54) is 6.26 Å². The van der Waals surface area contributed by atoms with Gasteiger partial charge < -0.3 is 15.3 Å². The van der Waals surface area contributed by atoms with Gasteiger partial charge in [-0.1, -0.05) is 6.07 Å². The monoisotopic (exact) mass is 252 g/mol. The largest absolute Gasteiger partial charge is 0.453 e. The highest BCUT2D eigenvalue weighted by Crippen LogP contribution is 2.33. The van der Waals surface area contributed by atoms with Gasteiger partial charge in [-0.25, -0.2) is 0 Å². The molecule has 5 heteroatoms. The molecule has 3 N–H and O–H groups in total. The van der Waals surface area contributed by atoms with Gasteiger partial charge in [0, 0.05) is 29.9 Å². The Hall–Kier alpha value is -1.36. The maximum absolute atomic E-state index is 10.2. The summed E-state index contributed by atoms with van der Waals surface area (Å²) in [5.41, 5.74) is 6.96. The molecule has 2 aromatic heterocycles. The third-order valence-corrected chi connectivity index (χ3v) is 2.97. The fraction of sp³-hybridized carbons (Fsp3) is 0.250. The van der Waals surface area contributed by atoms with Gasteiger partial charge in [0.1, 0.15) is 0 Å². The smallest absolute Gasteiger partial charge is 0.198 e. The van der Waals surface area contributed by atoms with Gasteiger partial charge in [-0.15, -0.1) is 0 Å². The summed E-state index contributed by atoms with van der Waals surface area (Å²) >= 11 is 5.84. The Kier molecular flexibility index (Phi) is 3.78. The highest BCUT2D eigenvalue weighted by molar-refractivity contribution is 6.29. The van der Waals surface area contributed by atoms with E-state index >= 15 is 0 Å². The third-order valence-electron chi connectivity index (χ3n) is 2.67. The summed E-state index contributed by atoms with van der Waals surface area (Å²) in [7, 11) is 0. The van der Waals surface area contributed by atoms with Crippen LogP contribution in [0.15, 0.2) is 41.1 Å². The van der Waals surface area contributed by atoms with Crippen LogP contribution in [0.25, 0.3) is 0 Å². The van der Waals surface area contributed by atoms with Gasteiger partial charge in [0.25, 0.3) is 0 Å². The molecule has 90 valence electrons. The lowest BCUT2D eigenvalue weighted by molar-refractivity contribution is 0.145. The number of hydrogen-bond acceptors (Lipinski definition) is 4. The number of aliphatic hydroxyl groups is 1. The topological polar surface area (TPSA) is 72.3 Å². The highest BCUT2D eigenvalue weighted by Gasteiger charge is 2.25. The number of pyridine rings is 1. The van der Waals surface area contributed by atoms with Gasteiger partial charge in [0.2, 0.25) is 0 Å². The molecule has 2 heterocycles. The van der Waals surface area contributed by atoms with Crippen molar-refractivity contribution in [3.63, 3.8) is 0 Å². The summed E-state index contributed by atoms with van der Waals surface area (Å²) < 4.78 is 4.96. The van der Waals surface area contributed by atoms with Gasteiger partial charge in [-0.3, -0.25) is 4.98 Å². The number of hydrogen-bond donors (Lipinski definition) is 2. The summed E-state index contributed by atoms with van der Waals surface area (Å²) in [5, 5.41) is 10.4. The minimum absolute atomic E-state index is 0.187. The fourth-order valence-corrected chi connectivity index (χ4v) is 1.97. The maximum Gasteiger partial charge on any atom is 0.198 e. The molecule has 0 radical (unpaired) electrons. The zero-order chi connectivity index (χ0) is 12.3. The number of aromatic nitrogens is 1. The molecule has 2 aromatic rings. The Bertz CT molecular complexity index is 472. The van der Waals surface area contributed by atoms with Crippen LogP contribution >= 0.6 is 11.6 Å². The molecule has 0 fully saturated rings. The lowest BCUT2D eigenvalue weighted by atomic mass is 9.94. The number of aliphatic hydroxyl groups excluding tert-OH is 1. The van der Waals surface area contributed by atoms with Crippen LogP contribution in [0.4, 0.5) is 0 Å². The molecule has 0 spiro atoms. The van der Waals surface area contributed by atoms with Crippen molar-refractivity contribution in [1.29, 1.82) is 0 Å². The lowest BCUT2D eigenvalue weighted by Crippen LogP contribution is -2.21. The molecular weight excluding hydrogens is 240 g/mol. The molecule has 0 saturated heterocycles. The summed E-state index contributed by atoms with van der Waals surface area (Å²) in [6.45, 7) is 0.277. The van der Waals surface area contributed by atoms with Crippen LogP contribution in [0.5, 0.6) is 0 Å². The van der Waals surface area contributed by atoms with E-state index in [9.17, 15) is 5.11 Å². The van der Waals surface area contributed by atoms with Crippen LogP contribution in [0.3, 0.4) is 0 Å². The molecule has 0 bridgehead atoms. The minimum atomic E-state index is -0.818. The Morgan fingerprint density at radius 2 is 2.24 bits per heavy atom. The van der Waals surface area contributed by atoms with Crippen molar-refractivity contribution in [2.45, 2.75) is 12.0 Å². The quantitative estimate of drug-likeness (QED) is 0.874. The Morgan fingerprint density at radius 3 is 2.76 bits per heavy atom. The molecule has 0 aliphatic rings. The van der Waals surface area contributed by atoms with Gasteiger partial charge in [-0.05, 0) is 29.8 Å². The molecule has 2 atom stereocenters. The average molecular weight is 253 g/mol. The van der Waals surface area contributed by atoms with Crippen LogP contribution in [-0.2, 0) is 0 Å². The van der Waals surface area contributed by atoms with Crippen molar-refractivity contribution < 1.29 is 9.52 Å². The summed E-state index contributed by atoms with van der Waals surface area (Å²) in [4.78, 5) is 4.20. The Labute approximate surface area is 104 Å². The number of nitrogens with zero attached hydrogens (tertiary/aromatic N) is 1. The van der Waals surface area contributed by atoms with E-state index in [-0.39, 0.29) is 17.7 Å². The number of furan rings is 1. The van der Waals surface area contributed by atoms with Crippen molar-refractivity contribution in [2.24, 2.45) is 5.73 Å². The second-order valence-corrected chi connectivity index (χ2v) is 4.03. The van der Waals surface area contributed by atoms with Crippen LogP contribution in [-0.4, -0.2) is 16.6 Å². The van der Waals surface area contributed by atoms with Crippen molar-refractivity contribution in [3.05, 3.63) is 53.2 Å². The van der Waals surface area contributed by atoms with Gasteiger partial charge >= 0.3 is 0 Å². The van der Waals surface area contributed by atoms with Crippen LogP contribution < -0.4 is 5.73 Å². The number of nitrogens with two attached hydrogens (primary N) is 1. The van der Waals surface area contributed by atoms with E-state index in [1.54, 1.807) is 12.3 Å². The Balaban J connectivity index is 2.28. The van der Waals surface area contributed by atoms with E-state index in [0.29, 0.717) is 5.56 Å². The summed E-state index contributed by atoms with van der Waals surface area (Å²) in [5.74, 6) is -0.300. The van der Waals surface area contributed by atoms with Crippen LogP contribution in [0.2, 0.25) is 5.22 Å². The second-order valence-electron chi connectivity index (χ2n) is 3.69. The summed E-state index contributed by atoms with van der Waals surface area (Å²) in [6.07, 6.45) is 2.29. The second kappa shape index (κ2) is 5.31. The normalized spacial score (nSPS) is 14.5. The number of rotatable bonds is 4. The van der Waals surface area contributed by atoms with Crippen LogP contribution in [0.1, 0.15) is 23.3 Å². The molecular formula is C12H13ClN2O2. The first kappa shape index (κ1) is 12.1. The number of halogens is 1. The first-order valence-corrected chi connectivity index (χ1v) is 5.63. The van der Waals surface area contributed by atoms with E-state index in [4.69, 9.17) is 21.8 Å². The molecule has 2 unspecified atom stereocenters. The third kappa shape index (κ3) is 2.49. The SMILES string of the molecule is NCC(c1ccccn1)C(O)c1ccoc1Cl. The van der Waals surface area contributed by atoms with E-state index in [2.05, 4.69) is 4.98 Å². The molecule has 0 aromatic carbocycles. The Morgan fingerprint density at radius 1 is 1.41 bits per heavy atom. The van der Waals surface area contributed by atoms with Crippen molar-refractivity contribution >= 4 is 11.6 Å². The van der Waals surface area contributed by atoms with E-state index in [1.807, 2.05) is 18.2 Å². The minimum Gasteiger partial charge on any atom is -0.453 e. The predicted octanol–water partition coefficient (Wildman–Crippen LogP) is 2.10. The van der Waals surface area contributed by atoms with Crippen LogP contribution in [0, 0.1) is 0 Å². The molecule has 0 aliphatic carbocycles. The lowest BCUT2D eigenvalue weighted by Gasteiger charge is -2.20. The van der Waals surface area contributed by atoms with Crippen molar-refractivity contribution in [2.75, 3.05) is 6.54 Å². The van der Waals surface area contributed by atoms with Gasteiger partial charge in [-0.2, -0.15) is 0 Å². The van der Waals surface area contributed by atoms with Gasteiger partial charge in [0.05, 0.1) is 12.4 Å². The molecule has 17 heavy (non-hydrogen) atoms. The first-order chi connectivity index (χ1) is 8.24. The van der Waals surface area contributed by atoms with E-state index in [0.717, 1.165) is 5.69 Å². The zero-order valence-electron chi connectivity index (χ0n) is 9.08. The van der Waals surface area contributed by atoms with Crippen molar-refractivity contribution in [3.8, 4) is 0 Å². The average Bonchev–Trinajstić information content (AvgIpc) is 2.77. The molecule has 0 saturated carbocycles. The van der Waals surface area contributed by atoms with E-state index < -0.39 is 6.10 Å². The van der Waals surface area contributed by atoms with Crippen molar-refractivity contribution in [1.82, 2.24) is 4.98 Å². The molecule has 2 rings (SSSR count). The highest BCUT2D eigenvalue weighted by atomic mass is 35.5. The fourth-order valence-electron chi connectivity index (χ4n) is 1.74. The summed E-state index contributed by atoms with van der Waals surface area (Å²) in [6, 6.07) is 7.14. The first-order valence-electron chi connectivity index (χ1n) is 5.26. The predicted molar refractivity (Wildman–Crippen MR) is 64.7 cm³/mol. The molecule has 0 aliphatic heterocycles. The maximum atomic E-state index is 10.2.